The predicted molar refractivity (Wildman–Crippen MR) is 125 cm³/mol. The van der Waals surface area contributed by atoms with E-state index in [9.17, 15) is 0 Å². The van der Waals surface area contributed by atoms with Gasteiger partial charge in [-0.3, -0.25) is 0 Å². The number of benzene rings is 2. The molecule has 0 amide bonds. The first-order chi connectivity index (χ1) is 15.8. The van der Waals surface area contributed by atoms with Gasteiger partial charge in [-0.15, -0.1) is 10.2 Å². The van der Waals surface area contributed by atoms with Crippen LogP contribution in [0.25, 0.3) is 11.4 Å². The average Bonchev–Trinajstić information content (AvgIpc) is 3.40. The van der Waals surface area contributed by atoms with Gasteiger partial charge in [0.1, 0.15) is 5.82 Å². The molecule has 5 rings (SSSR count). The fourth-order valence-corrected chi connectivity index (χ4v) is 4.15. The number of hydrogen-bond acceptors (Lipinski definition) is 7. The normalized spacial score (nSPS) is 17.0. The van der Waals surface area contributed by atoms with Crippen LogP contribution in [0.2, 0.25) is 0 Å². The number of nitrogens with one attached hydrogen (secondary N) is 4. The Morgan fingerprint density at radius 1 is 1.03 bits per heavy atom. The Kier molecular flexibility index (Phi) is 5.76. The quantitative estimate of drug-likeness (QED) is 0.358. The van der Waals surface area contributed by atoms with Crippen molar-refractivity contribution in [2.24, 2.45) is 0 Å². The molecular weight excluding hydrogens is 400 g/mol. The number of pyridine rings is 1. The van der Waals surface area contributed by atoms with Crippen LogP contribution in [-0.4, -0.2) is 44.7 Å². The van der Waals surface area contributed by atoms with Crippen LogP contribution >= 0.6 is 0 Å². The third kappa shape index (κ3) is 4.31. The maximum absolute atomic E-state index is 4.50. The summed E-state index contributed by atoms with van der Waals surface area (Å²) < 4.78 is 0. The first-order valence-corrected chi connectivity index (χ1v) is 10.9. The zero-order valence-corrected chi connectivity index (χ0v) is 17.9. The Balaban J connectivity index is 1.33. The minimum absolute atomic E-state index is 0.127. The maximum atomic E-state index is 4.50. The largest absolute Gasteiger partial charge is 0.380 e. The number of tetrazole rings is 1. The van der Waals surface area contributed by atoms with Gasteiger partial charge >= 0.3 is 0 Å². The average molecular weight is 427 g/mol. The number of anilines is 2. The summed E-state index contributed by atoms with van der Waals surface area (Å²) >= 11 is 0. The molecule has 1 aliphatic heterocycles. The highest BCUT2D eigenvalue weighted by atomic mass is 15.5. The lowest BCUT2D eigenvalue weighted by atomic mass is 9.95. The molecule has 3 heterocycles. The van der Waals surface area contributed by atoms with Gasteiger partial charge in [-0.1, -0.05) is 55.5 Å². The molecule has 0 saturated heterocycles. The third-order valence-electron chi connectivity index (χ3n) is 5.91. The summed E-state index contributed by atoms with van der Waals surface area (Å²) in [5, 5.41) is 25.3. The second-order valence-electron chi connectivity index (χ2n) is 8.09. The Bertz CT molecular complexity index is 1150. The third-order valence-corrected chi connectivity index (χ3v) is 5.91. The molecule has 1 aliphatic rings. The van der Waals surface area contributed by atoms with Gasteiger partial charge in [0.15, 0.2) is 0 Å². The van der Waals surface area contributed by atoms with E-state index in [0.29, 0.717) is 11.7 Å². The smallest absolute Gasteiger partial charge is 0.204 e. The fourth-order valence-electron chi connectivity index (χ4n) is 4.15. The van der Waals surface area contributed by atoms with Crippen molar-refractivity contribution in [1.29, 1.82) is 0 Å². The summed E-state index contributed by atoms with van der Waals surface area (Å²) in [6.07, 6.45) is 1.82. The molecule has 0 bridgehead atoms. The topological polar surface area (TPSA) is 103 Å². The van der Waals surface area contributed by atoms with Crippen molar-refractivity contribution in [2.75, 3.05) is 23.7 Å². The van der Waals surface area contributed by atoms with E-state index in [1.54, 1.807) is 0 Å². The summed E-state index contributed by atoms with van der Waals surface area (Å²) in [6, 6.07) is 23.2. The lowest BCUT2D eigenvalue weighted by Crippen LogP contribution is -2.45. The molecule has 8 nitrogen and oxygen atoms in total. The van der Waals surface area contributed by atoms with Crippen molar-refractivity contribution in [3.05, 3.63) is 84.1 Å². The summed E-state index contributed by atoms with van der Waals surface area (Å²) in [6.45, 7) is 3.86. The van der Waals surface area contributed by atoms with E-state index in [0.717, 1.165) is 30.2 Å². The van der Waals surface area contributed by atoms with Crippen molar-refractivity contribution < 1.29 is 0 Å². The standard InChI is InChI=1S/C24H26N8/c1-16(18-9-5-10-19(13-18)23-29-31-32-30-23)14-27-22(17-7-3-2-4-8-17)21-15-26-20-11-6-12-25-24(20)28-21/h2-13,16,21-22,26-27H,14-15H2,1H3,(H,25,28)(H,29,30,31,32)/t16-,21-,22-/m1/s1. The SMILES string of the molecule is C[C@H](CN[C@H](c1ccccc1)[C@H]1CNc2cccnc2N1)c1cccc(-c2nn[nH]n2)c1. The van der Waals surface area contributed by atoms with Crippen LogP contribution in [0.5, 0.6) is 0 Å². The van der Waals surface area contributed by atoms with Crippen LogP contribution in [0.15, 0.2) is 72.9 Å². The lowest BCUT2D eigenvalue weighted by molar-refractivity contribution is 0.453. The molecule has 4 aromatic rings. The van der Waals surface area contributed by atoms with Crippen LogP contribution < -0.4 is 16.0 Å². The molecule has 0 aliphatic carbocycles. The van der Waals surface area contributed by atoms with Crippen molar-refractivity contribution in [1.82, 2.24) is 30.9 Å². The van der Waals surface area contributed by atoms with E-state index >= 15 is 0 Å². The molecule has 0 unspecified atom stereocenters. The van der Waals surface area contributed by atoms with Crippen molar-refractivity contribution in [3.8, 4) is 11.4 Å². The van der Waals surface area contributed by atoms with Gasteiger partial charge in [0.05, 0.1) is 17.8 Å². The second-order valence-corrected chi connectivity index (χ2v) is 8.09. The second kappa shape index (κ2) is 9.15. The Labute approximate surface area is 186 Å². The van der Waals surface area contributed by atoms with Gasteiger partial charge in [-0.2, -0.15) is 5.21 Å². The van der Waals surface area contributed by atoms with Crippen molar-refractivity contribution in [3.63, 3.8) is 0 Å². The molecule has 32 heavy (non-hydrogen) atoms. The molecule has 0 fully saturated rings. The molecule has 2 aromatic heterocycles. The number of fused-ring (bicyclic) bond motifs is 1. The molecular formula is C24H26N8. The van der Waals surface area contributed by atoms with Gasteiger partial charge in [0, 0.05) is 24.8 Å². The zero-order valence-electron chi connectivity index (χ0n) is 17.9. The highest BCUT2D eigenvalue weighted by Gasteiger charge is 2.27. The maximum Gasteiger partial charge on any atom is 0.204 e. The number of rotatable bonds is 7. The van der Waals surface area contributed by atoms with E-state index in [1.165, 1.54) is 11.1 Å². The lowest BCUT2D eigenvalue weighted by Gasteiger charge is -2.35. The first kappa shape index (κ1) is 20.1. The summed E-state index contributed by atoms with van der Waals surface area (Å²) in [7, 11) is 0. The summed E-state index contributed by atoms with van der Waals surface area (Å²) in [5.74, 6) is 1.81. The minimum Gasteiger partial charge on any atom is -0.380 e. The number of hydrogen-bond donors (Lipinski definition) is 4. The van der Waals surface area contributed by atoms with E-state index in [-0.39, 0.29) is 12.1 Å². The predicted octanol–water partition coefficient (Wildman–Crippen LogP) is 3.60. The Morgan fingerprint density at radius 3 is 2.75 bits per heavy atom. The van der Waals surface area contributed by atoms with Crippen LogP contribution in [0.3, 0.4) is 0 Å². The van der Waals surface area contributed by atoms with Gasteiger partial charge in [-0.05, 0) is 40.5 Å². The Hall–Kier alpha value is -3.78. The molecule has 2 aromatic carbocycles. The number of aromatic amines is 1. The van der Waals surface area contributed by atoms with Gasteiger partial charge < -0.3 is 16.0 Å². The highest BCUT2D eigenvalue weighted by molar-refractivity contribution is 5.67. The van der Waals surface area contributed by atoms with Crippen molar-refractivity contribution >= 4 is 11.5 Å². The number of nitrogens with zero attached hydrogens (tertiary/aromatic N) is 4. The van der Waals surface area contributed by atoms with E-state index in [2.05, 4.69) is 97.0 Å². The van der Waals surface area contributed by atoms with Crippen LogP contribution in [0.1, 0.15) is 30.0 Å². The van der Waals surface area contributed by atoms with Crippen molar-refractivity contribution in [2.45, 2.75) is 24.9 Å². The molecule has 3 atom stereocenters. The van der Waals surface area contributed by atoms with Gasteiger partial charge in [0.2, 0.25) is 5.82 Å². The van der Waals surface area contributed by atoms with Gasteiger partial charge in [0.25, 0.3) is 0 Å². The molecule has 8 heteroatoms. The van der Waals surface area contributed by atoms with E-state index in [1.807, 2.05) is 24.4 Å². The molecule has 0 spiro atoms. The first-order valence-electron chi connectivity index (χ1n) is 10.9. The van der Waals surface area contributed by atoms with Gasteiger partial charge in [-0.25, -0.2) is 4.98 Å². The molecule has 0 radical (unpaired) electrons. The monoisotopic (exact) mass is 426 g/mol. The molecule has 0 saturated carbocycles. The van der Waals surface area contributed by atoms with Crippen LogP contribution in [0, 0.1) is 0 Å². The summed E-state index contributed by atoms with van der Waals surface area (Å²) in [4.78, 5) is 4.50. The summed E-state index contributed by atoms with van der Waals surface area (Å²) in [5.41, 5.74) is 4.48. The molecule has 4 N–H and O–H groups in total. The molecule has 162 valence electrons. The fraction of sp³-hybridized carbons (Fsp3) is 0.250. The Morgan fingerprint density at radius 2 is 1.91 bits per heavy atom. The van der Waals surface area contributed by atoms with Crippen LogP contribution in [0.4, 0.5) is 11.5 Å². The van der Waals surface area contributed by atoms with E-state index < -0.39 is 0 Å². The minimum atomic E-state index is 0.127. The number of aromatic nitrogens is 5. The van der Waals surface area contributed by atoms with Crippen LogP contribution in [-0.2, 0) is 0 Å². The highest BCUT2D eigenvalue weighted by Crippen LogP contribution is 2.29. The van der Waals surface area contributed by atoms with E-state index in [4.69, 9.17) is 0 Å². The zero-order chi connectivity index (χ0) is 21.8. The number of H-pyrrole nitrogens is 1.